The van der Waals surface area contributed by atoms with Crippen molar-refractivity contribution in [2.45, 2.75) is 6.10 Å². The van der Waals surface area contributed by atoms with E-state index in [9.17, 15) is 9.59 Å². The van der Waals surface area contributed by atoms with E-state index in [2.05, 4.69) is 0 Å². The number of aromatic carboxylic acids is 1. The third-order valence-corrected chi connectivity index (χ3v) is 3.06. The number of likely N-dealkylation sites (N-methyl/N-ethyl adjacent to an activating group) is 1. The maximum absolute atomic E-state index is 12.2. The standard InChI is InChI=1S/C13H16N2O5/c1-15(12(16)11-7-19-4-5-20-11)10-3-2-8(13(17)18)6-9(10)14/h2-3,6,11H,4-5,7,14H2,1H3,(H,17,18). The molecule has 1 fully saturated rings. The summed E-state index contributed by atoms with van der Waals surface area (Å²) in [5, 5.41) is 8.88. The van der Waals surface area contributed by atoms with Crippen molar-refractivity contribution in [3.8, 4) is 0 Å². The summed E-state index contributed by atoms with van der Waals surface area (Å²) in [6.45, 7) is 1.05. The second-order valence-electron chi connectivity index (χ2n) is 4.41. The Morgan fingerprint density at radius 2 is 2.15 bits per heavy atom. The first-order chi connectivity index (χ1) is 9.50. The average Bonchev–Trinajstić information content (AvgIpc) is 2.46. The first-order valence-corrected chi connectivity index (χ1v) is 6.10. The van der Waals surface area contributed by atoms with Crippen LogP contribution in [0.4, 0.5) is 11.4 Å². The van der Waals surface area contributed by atoms with Gasteiger partial charge < -0.3 is 25.2 Å². The molecule has 1 amide bonds. The zero-order chi connectivity index (χ0) is 14.7. The van der Waals surface area contributed by atoms with Crippen LogP contribution in [-0.2, 0) is 14.3 Å². The van der Waals surface area contributed by atoms with Gasteiger partial charge >= 0.3 is 5.97 Å². The van der Waals surface area contributed by atoms with Crippen LogP contribution >= 0.6 is 0 Å². The Kier molecular flexibility index (Phi) is 4.21. The molecule has 1 aromatic rings. The van der Waals surface area contributed by atoms with Crippen LogP contribution in [0.1, 0.15) is 10.4 Å². The number of carbonyl (C=O) groups excluding carboxylic acids is 1. The third kappa shape index (κ3) is 2.89. The summed E-state index contributed by atoms with van der Waals surface area (Å²) in [5.41, 5.74) is 6.53. The number of rotatable bonds is 3. The van der Waals surface area contributed by atoms with Gasteiger partial charge in [0, 0.05) is 7.05 Å². The lowest BCUT2D eigenvalue weighted by atomic mass is 10.1. The van der Waals surface area contributed by atoms with E-state index in [1.807, 2.05) is 0 Å². The zero-order valence-electron chi connectivity index (χ0n) is 11.0. The summed E-state index contributed by atoms with van der Waals surface area (Å²) in [6.07, 6.45) is -0.660. The Bertz CT molecular complexity index is 525. The predicted octanol–water partition coefficient (Wildman–Crippen LogP) is 0.345. The van der Waals surface area contributed by atoms with Gasteiger partial charge in [-0.1, -0.05) is 0 Å². The molecule has 0 aromatic heterocycles. The Hall–Kier alpha value is -2.12. The van der Waals surface area contributed by atoms with Crippen molar-refractivity contribution in [2.24, 2.45) is 0 Å². The fraction of sp³-hybridized carbons (Fsp3) is 0.385. The zero-order valence-corrected chi connectivity index (χ0v) is 11.0. The molecular weight excluding hydrogens is 264 g/mol. The number of carboxylic acid groups (broad SMARTS) is 1. The second kappa shape index (κ2) is 5.89. The fourth-order valence-electron chi connectivity index (χ4n) is 1.96. The number of nitrogens with zero attached hydrogens (tertiary/aromatic N) is 1. The number of anilines is 2. The van der Waals surface area contributed by atoms with Crippen LogP contribution in [0.25, 0.3) is 0 Å². The molecule has 3 N–H and O–H groups in total. The topological polar surface area (TPSA) is 102 Å². The largest absolute Gasteiger partial charge is 0.478 e. The highest BCUT2D eigenvalue weighted by molar-refractivity contribution is 6.00. The SMILES string of the molecule is CN(C(=O)C1COCCO1)c1ccc(C(=O)O)cc1N. The molecule has 0 spiro atoms. The number of ether oxygens (including phenoxy) is 2. The molecule has 0 aliphatic carbocycles. The molecular formula is C13H16N2O5. The molecule has 0 bridgehead atoms. The van der Waals surface area contributed by atoms with Crippen LogP contribution in [0.5, 0.6) is 0 Å². The number of amides is 1. The van der Waals surface area contributed by atoms with Crippen LogP contribution in [0.15, 0.2) is 18.2 Å². The second-order valence-corrected chi connectivity index (χ2v) is 4.41. The van der Waals surface area contributed by atoms with Crippen molar-refractivity contribution >= 4 is 23.3 Å². The summed E-state index contributed by atoms with van der Waals surface area (Å²) in [5.74, 6) is -1.35. The summed E-state index contributed by atoms with van der Waals surface area (Å²) in [4.78, 5) is 24.4. The van der Waals surface area contributed by atoms with Crippen molar-refractivity contribution < 1.29 is 24.2 Å². The van der Waals surface area contributed by atoms with Gasteiger partial charge in [0.05, 0.1) is 36.8 Å². The van der Waals surface area contributed by atoms with Crippen LogP contribution in [0, 0.1) is 0 Å². The number of carboxylic acids is 1. The van der Waals surface area contributed by atoms with E-state index in [0.29, 0.717) is 18.9 Å². The summed E-state index contributed by atoms with van der Waals surface area (Å²) in [6, 6.07) is 4.22. The molecule has 1 unspecified atom stereocenters. The highest BCUT2D eigenvalue weighted by Crippen LogP contribution is 2.24. The Balaban J connectivity index is 2.17. The van der Waals surface area contributed by atoms with Crippen LogP contribution in [0.2, 0.25) is 0 Å². The molecule has 2 rings (SSSR count). The number of nitrogens with two attached hydrogens (primary N) is 1. The summed E-state index contributed by atoms with van der Waals surface area (Å²) >= 11 is 0. The molecule has 0 radical (unpaired) electrons. The number of benzene rings is 1. The van der Waals surface area contributed by atoms with E-state index in [1.54, 1.807) is 7.05 Å². The van der Waals surface area contributed by atoms with Gasteiger partial charge in [-0.05, 0) is 18.2 Å². The van der Waals surface area contributed by atoms with Crippen molar-refractivity contribution in [2.75, 3.05) is 37.5 Å². The number of hydrogen-bond acceptors (Lipinski definition) is 5. The van der Waals surface area contributed by atoms with Crippen molar-refractivity contribution in [1.82, 2.24) is 0 Å². The van der Waals surface area contributed by atoms with Crippen molar-refractivity contribution in [3.05, 3.63) is 23.8 Å². The minimum Gasteiger partial charge on any atom is -0.478 e. The number of carbonyl (C=O) groups is 2. The van der Waals surface area contributed by atoms with Gasteiger partial charge in [-0.15, -0.1) is 0 Å². The van der Waals surface area contributed by atoms with Crippen molar-refractivity contribution in [3.63, 3.8) is 0 Å². The molecule has 20 heavy (non-hydrogen) atoms. The summed E-state index contributed by atoms with van der Waals surface area (Å²) in [7, 11) is 1.56. The molecule has 1 saturated heterocycles. The molecule has 1 atom stereocenters. The lowest BCUT2D eigenvalue weighted by Crippen LogP contribution is -2.44. The third-order valence-electron chi connectivity index (χ3n) is 3.06. The highest BCUT2D eigenvalue weighted by atomic mass is 16.6. The van der Waals surface area contributed by atoms with E-state index in [1.165, 1.54) is 23.1 Å². The Morgan fingerprint density at radius 3 is 2.70 bits per heavy atom. The average molecular weight is 280 g/mol. The van der Waals surface area contributed by atoms with Crippen LogP contribution < -0.4 is 10.6 Å². The quantitative estimate of drug-likeness (QED) is 0.774. The minimum absolute atomic E-state index is 0.0735. The molecule has 1 aliphatic rings. The molecule has 1 heterocycles. The predicted molar refractivity (Wildman–Crippen MR) is 71.8 cm³/mol. The monoisotopic (exact) mass is 280 g/mol. The molecule has 7 heteroatoms. The van der Waals surface area contributed by atoms with Gasteiger partial charge in [0.1, 0.15) is 0 Å². The molecule has 7 nitrogen and oxygen atoms in total. The first-order valence-electron chi connectivity index (χ1n) is 6.10. The Morgan fingerprint density at radius 1 is 1.40 bits per heavy atom. The van der Waals surface area contributed by atoms with Gasteiger partial charge in [-0.2, -0.15) is 0 Å². The number of nitrogen functional groups attached to an aromatic ring is 1. The highest BCUT2D eigenvalue weighted by Gasteiger charge is 2.27. The van der Waals surface area contributed by atoms with Gasteiger partial charge in [-0.3, -0.25) is 4.79 Å². The summed E-state index contributed by atoms with van der Waals surface area (Å²) < 4.78 is 10.5. The van der Waals surface area contributed by atoms with Gasteiger partial charge in [0.15, 0.2) is 6.10 Å². The van der Waals surface area contributed by atoms with Crippen LogP contribution in [0.3, 0.4) is 0 Å². The molecule has 1 aliphatic heterocycles. The van der Waals surface area contributed by atoms with Crippen molar-refractivity contribution in [1.29, 1.82) is 0 Å². The Labute approximate surface area is 115 Å². The van der Waals surface area contributed by atoms with E-state index in [-0.39, 0.29) is 23.8 Å². The van der Waals surface area contributed by atoms with E-state index >= 15 is 0 Å². The maximum Gasteiger partial charge on any atom is 0.335 e. The fourth-order valence-corrected chi connectivity index (χ4v) is 1.96. The minimum atomic E-state index is -1.07. The lowest BCUT2D eigenvalue weighted by molar-refractivity contribution is -0.144. The lowest BCUT2D eigenvalue weighted by Gasteiger charge is -2.27. The smallest absolute Gasteiger partial charge is 0.335 e. The van der Waals surface area contributed by atoms with Gasteiger partial charge in [0.2, 0.25) is 0 Å². The first kappa shape index (κ1) is 14.3. The molecule has 108 valence electrons. The van der Waals surface area contributed by atoms with E-state index < -0.39 is 12.1 Å². The van der Waals surface area contributed by atoms with E-state index in [0.717, 1.165) is 0 Å². The van der Waals surface area contributed by atoms with Gasteiger partial charge in [-0.25, -0.2) is 4.79 Å². The van der Waals surface area contributed by atoms with Gasteiger partial charge in [0.25, 0.3) is 5.91 Å². The molecule has 1 aromatic carbocycles. The van der Waals surface area contributed by atoms with E-state index in [4.69, 9.17) is 20.3 Å². The maximum atomic E-state index is 12.2. The van der Waals surface area contributed by atoms with Crippen LogP contribution in [-0.4, -0.2) is 50.0 Å². The normalized spacial score (nSPS) is 18.6. The molecule has 0 saturated carbocycles. The number of hydrogen-bond donors (Lipinski definition) is 2.